The van der Waals surface area contributed by atoms with Gasteiger partial charge in [0.15, 0.2) is 0 Å². The molecule has 1 heterocycles. The molecule has 0 radical (unpaired) electrons. The van der Waals surface area contributed by atoms with E-state index in [0.717, 1.165) is 22.3 Å². The summed E-state index contributed by atoms with van der Waals surface area (Å²) in [5.41, 5.74) is 9.81. The van der Waals surface area contributed by atoms with E-state index in [9.17, 15) is 0 Å². The number of aryl methyl sites for hydroxylation is 1. The van der Waals surface area contributed by atoms with Gasteiger partial charge in [0.05, 0.1) is 0 Å². The van der Waals surface area contributed by atoms with Gasteiger partial charge in [-0.1, -0.05) is 23.7 Å². The molecule has 2 nitrogen and oxygen atoms in total. The number of nitrogens with two attached hydrogens (primary N) is 1. The lowest BCUT2D eigenvalue weighted by Crippen LogP contribution is -1.97. The molecule has 0 unspecified atom stereocenters. The third kappa shape index (κ3) is 2.23. The van der Waals surface area contributed by atoms with Gasteiger partial charge >= 0.3 is 0 Å². The summed E-state index contributed by atoms with van der Waals surface area (Å²) in [5, 5.41) is 0.710. The van der Waals surface area contributed by atoms with E-state index in [1.54, 1.807) is 0 Å². The normalized spacial score (nSPS) is 10.4. The molecule has 0 aliphatic carbocycles. The first-order chi connectivity index (χ1) is 7.70. The Morgan fingerprint density at radius 2 is 2.00 bits per heavy atom. The fourth-order valence-corrected chi connectivity index (χ4v) is 1.86. The van der Waals surface area contributed by atoms with Crippen molar-refractivity contribution in [2.45, 2.75) is 13.5 Å². The monoisotopic (exact) mass is 232 g/mol. The molecule has 0 amide bonds. The Bertz CT molecular complexity index is 509. The molecule has 0 bridgehead atoms. The van der Waals surface area contributed by atoms with Crippen LogP contribution in [0.1, 0.15) is 11.1 Å². The van der Waals surface area contributed by atoms with Crippen LogP contribution in [0.3, 0.4) is 0 Å². The molecule has 1 aromatic carbocycles. The van der Waals surface area contributed by atoms with Gasteiger partial charge in [0.25, 0.3) is 0 Å². The van der Waals surface area contributed by atoms with Gasteiger partial charge in [-0.25, -0.2) is 0 Å². The lowest BCUT2D eigenvalue weighted by atomic mass is 10.0. The van der Waals surface area contributed by atoms with Crippen LogP contribution in [0.15, 0.2) is 36.7 Å². The highest BCUT2D eigenvalue weighted by atomic mass is 35.5. The zero-order valence-corrected chi connectivity index (χ0v) is 9.83. The largest absolute Gasteiger partial charge is 0.326 e. The fourth-order valence-electron chi connectivity index (χ4n) is 1.61. The topological polar surface area (TPSA) is 38.9 Å². The van der Waals surface area contributed by atoms with Gasteiger partial charge in [0.2, 0.25) is 0 Å². The molecule has 16 heavy (non-hydrogen) atoms. The fraction of sp³-hybridized carbons (Fsp3) is 0.154. The number of halogens is 1. The van der Waals surface area contributed by atoms with Gasteiger partial charge in [0.1, 0.15) is 0 Å². The third-order valence-corrected chi connectivity index (χ3v) is 2.83. The van der Waals surface area contributed by atoms with Crippen molar-refractivity contribution >= 4 is 11.6 Å². The SMILES string of the molecule is Cc1cncc(-c2ccc(CN)c(Cl)c2)c1. The predicted molar refractivity (Wildman–Crippen MR) is 67.3 cm³/mol. The van der Waals surface area contributed by atoms with Crippen LogP contribution in [-0.2, 0) is 6.54 Å². The second-order valence-electron chi connectivity index (χ2n) is 3.76. The first-order valence-electron chi connectivity index (χ1n) is 5.11. The molecule has 0 atom stereocenters. The van der Waals surface area contributed by atoms with Crippen LogP contribution < -0.4 is 5.73 Å². The molecule has 0 saturated carbocycles. The van der Waals surface area contributed by atoms with Crippen molar-refractivity contribution in [3.05, 3.63) is 52.8 Å². The molecule has 2 rings (SSSR count). The van der Waals surface area contributed by atoms with E-state index >= 15 is 0 Å². The van der Waals surface area contributed by atoms with Gasteiger partial charge in [0, 0.05) is 29.5 Å². The van der Waals surface area contributed by atoms with E-state index in [-0.39, 0.29) is 0 Å². The highest BCUT2D eigenvalue weighted by Crippen LogP contribution is 2.25. The van der Waals surface area contributed by atoms with Gasteiger partial charge < -0.3 is 5.73 Å². The molecule has 0 spiro atoms. The van der Waals surface area contributed by atoms with E-state index in [0.29, 0.717) is 11.6 Å². The van der Waals surface area contributed by atoms with Crippen LogP contribution in [0.5, 0.6) is 0 Å². The van der Waals surface area contributed by atoms with Crippen molar-refractivity contribution in [3.8, 4) is 11.1 Å². The van der Waals surface area contributed by atoms with Crippen LogP contribution in [-0.4, -0.2) is 4.98 Å². The van der Waals surface area contributed by atoms with Crippen molar-refractivity contribution < 1.29 is 0 Å². The maximum Gasteiger partial charge on any atom is 0.0457 e. The Hall–Kier alpha value is -1.38. The minimum atomic E-state index is 0.463. The molecule has 0 aliphatic rings. The first-order valence-corrected chi connectivity index (χ1v) is 5.49. The minimum Gasteiger partial charge on any atom is -0.326 e. The van der Waals surface area contributed by atoms with Gasteiger partial charge in [-0.3, -0.25) is 4.98 Å². The Morgan fingerprint density at radius 3 is 2.62 bits per heavy atom. The van der Waals surface area contributed by atoms with Crippen molar-refractivity contribution in [1.29, 1.82) is 0 Å². The molecule has 0 fully saturated rings. The quantitative estimate of drug-likeness (QED) is 0.864. The summed E-state index contributed by atoms with van der Waals surface area (Å²) < 4.78 is 0. The van der Waals surface area contributed by atoms with Crippen molar-refractivity contribution in [1.82, 2.24) is 4.98 Å². The zero-order valence-electron chi connectivity index (χ0n) is 9.07. The summed E-state index contributed by atoms with van der Waals surface area (Å²) in [4.78, 5) is 4.17. The summed E-state index contributed by atoms with van der Waals surface area (Å²) in [6.07, 6.45) is 3.67. The number of rotatable bonds is 2. The number of benzene rings is 1. The van der Waals surface area contributed by atoms with Gasteiger partial charge in [-0.05, 0) is 35.7 Å². The lowest BCUT2D eigenvalue weighted by molar-refractivity contribution is 1.07. The number of aromatic nitrogens is 1. The summed E-state index contributed by atoms with van der Waals surface area (Å²) >= 11 is 6.12. The van der Waals surface area contributed by atoms with E-state index in [1.165, 1.54) is 0 Å². The zero-order chi connectivity index (χ0) is 11.5. The molecule has 1 aromatic heterocycles. The number of nitrogens with zero attached hydrogens (tertiary/aromatic N) is 1. The lowest BCUT2D eigenvalue weighted by Gasteiger charge is -2.06. The van der Waals surface area contributed by atoms with E-state index < -0.39 is 0 Å². The molecular weight excluding hydrogens is 220 g/mol. The van der Waals surface area contributed by atoms with Crippen molar-refractivity contribution in [2.24, 2.45) is 5.73 Å². The second kappa shape index (κ2) is 4.64. The summed E-state index contributed by atoms with van der Waals surface area (Å²) in [5.74, 6) is 0. The third-order valence-electron chi connectivity index (χ3n) is 2.48. The second-order valence-corrected chi connectivity index (χ2v) is 4.17. The Labute approximate surface area is 100 Å². The summed E-state index contributed by atoms with van der Waals surface area (Å²) in [6, 6.07) is 7.99. The smallest absolute Gasteiger partial charge is 0.0457 e. The molecule has 2 N–H and O–H groups in total. The maximum absolute atomic E-state index is 6.12. The Kier molecular flexibility index (Phi) is 3.22. The number of hydrogen-bond donors (Lipinski definition) is 1. The highest BCUT2D eigenvalue weighted by Gasteiger charge is 2.03. The van der Waals surface area contributed by atoms with Gasteiger partial charge in [-0.15, -0.1) is 0 Å². The molecule has 0 saturated heterocycles. The maximum atomic E-state index is 6.12. The standard InChI is InChI=1S/C13H13ClN2/c1-9-4-12(8-16-7-9)10-2-3-11(6-15)13(14)5-10/h2-5,7-8H,6,15H2,1H3. The Morgan fingerprint density at radius 1 is 1.19 bits per heavy atom. The van der Waals surface area contributed by atoms with E-state index in [4.69, 9.17) is 17.3 Å². The van der Waals surface area contributed by atoms with Crippen LogP contribution in [0.2, 0.25) is 5.02 Å². The molecule has 2 aromatic rings. The Balaban J connectivity index is 2.45. The number of pyridine rings is 1. The molecular formula is C13H13ClN2. The number of hydrogen-bond acceptors (Lipinski definition) is 2. The molecule has 0 aliphatic heterocycles. The minimum absolute atomic E-state index is 0.463. The molecule has 3 heteroatoms. The average Bonchev–Trinajstić information content (AvgIpc) is 2.29. The molecule has 82 valence electrons. The van der Waals surface area contributed by atoms with E-state index in [1.807, 2.05) is 37.5 Å². The van der Waals surface area contributed by atoms with Crippen molar-refractivity contribution in [2.75, 3.05) is 0 Å². The van der Waals surface area contributed by atoms with Crippen LogP contribution in [0.25, 0.3) is 11.1 Å². The first kappa shape index (κ1) is 11.1. The summed E-state index contributed by atoms with van der Waals surface area (Å²) in [7, 11) is 0. The van der Waals surface area contributed by atoms with Gasteiger partial charge in [-0.2, -0.15) is 0 Å². The predicted octanol–water partition coefficient (Wildman–Crippen LogP) is 3.17. The van der Waals surface area contributed by atoms with Crippen LogP contribution >= 0.6 is 11.6 Å². The van der Waals surface area contributed by atoms with Crippen LogP contribution in [0, 0.1) is 6.92 Å². The summed E-state index contributed by atoms with van der Waals surface area (Å²) in [6.45, 7) is 2.48. The van der Waals surface area contributed by atoms with E-state index in [2.05, 4.69) is 11.1 Å². The van der Waals surface area contributed by atoms with Crippen LogP contribution in [0.4, 0.5) is 0 Å². The highest BCUT2D eigenvalue weighted by molar-refractivity contribution is 6.31. The average molecular weight is 233 g/mol. The van der Waals surface area contributed by atoms with Crippen molar-refractivity contribution in [3.63, 3.8) is 0 Å².